The fourth-order valence-electron chi connectivity index (χ4n) is 2.31. The second-order valence-corrected chi connectivity index (χ2v) is 8.91. The number of rotatable bonds is 3. The first kappa shape index (κ1) is 34.1. The van der Waals surface area contributed by atoms with Crippen molar-refractivity contribution in [2.75, 3.05) is 0 Å². The predicted molar refractivity (Wildman–Crippen MR) is 125 cm³/mol. The van der Waals surface area contributed by atoms with Gasteiger partial charge in [0, 0.05) is 17.3 Å². The molecule has 0 N–H and O–H groups in total. The first-order chi connectivity index (χ1) is 15.8. The van der Waals surface area contributed by atoms with E-state index in [2.05, 4.69) is 63.7 Å². The normalized spacial score (nSPS) is 12.2. The van der Waals surface area contributed by atoms with Gasteiger partial charge in [0.25, 0.3) is 0 Å². The number of azo groups is 1. The Hall–Kier alpha value is -1.92. The van der Waals surface area contributed by atoms with Crippen molar-refractivity contribution < 1.29 is 68.9 Å². The molecule has 0 aliphatic heterocycles. The summed E-state index contributed by atoms with van der Waals surface area (Å²) >= 11 is 5.78. The maximum Gasteiger partial charge on any atom is 4.00 e. The zero-order valence-corrected chi connectivity index (χ0v) is 24.4. The summed E-state index contributed by atoms with van der Waals surface area (Å²) in [5.74, 6) is 0.506. The zero-order valence-electron chi connectivity index (χ0n) is 18.1. The molecule has 3 aromatic carbocycles. The molecule has 3 nitrogen and oxygen atoms in total. The molecule has 0 amide bonds. The van der Waals surface area contributed by atoms with E-state index in [0.29, 0.717) is 10.8 Å². The molecule has 192 valence electrons. The van der Waals surface area contributed by atoms with Gasteiger partial charge in [-0.15, -0.1) is 10.2 Å². The van der Waals surface area contributed by atoms with Gasteiger partial charge < -0.3 is 24.0 Å². The molecule has 4 aromatic rings. The van der Waals surface area contributed by atoms with Crippen LogP contribution < -0.4 is 24.0 Å². The summed E-state index contributed by atoms with van der Waals surface area (Å²) in [5.41, 5.74) is 3.34. The van der Waals surface area contributed by atoms with Crippen molar-refractivity contribution in [1.29, 1.82) is 0 Å². The van der Waals surface area contributed by atoms with Crippen molar-refractivity contribution in [1.82, 2.24) is 4.98 Å². The third-order valence-corrected chi connectivity index (χ3v) is 3.85. The van der Waals surface area contributed by atoms with Gasteiger partial charge in [0.05, 0.1) is 5.69 Å². The maximum absolute atomic E-state index is 10.7. The Morgan fingerprint density at radius 1 is 0.611 bits per heavy atom. The molecular formula is C23H18ClF6IN3OsP+2. The third-order valence-electron chi connectivity index (χ3n) is 3.61. The molecule has 1 aromatic heterocycles. The topological polar surface area (TPSA) is 37.6 Å². The number of nitrogens with zero attached hydrogens (tertiary/aromatic N) is 3. The van der Waals surface area contributed by atoms with Gasteiger partial charge in [0.2, 0.25) is 0 Å². The van der Waals surface area contributed by atoms with E-state index in [1.165, 1.54) is 11.1 Å². The minimum absolute atomic E-state index is 0. The van der Waals surface area contributed by atoms with E-state index >= 15 is 0 Å². The van der Waals surface area contributed by atoms with Crippen LogP contribution in [0.15, 0.2) is 120 Å². The summed E-state index contributed by atoms with van der Waals surface area (Å²) in [4.78, 5) is 4.01. The predicted octanol–water partition coefficient (Wildman–Crippen LogP) is 7.89. The van der Waals surface area contributed by atoms with Gasteiger partial charge in [0.1, 0.15) is 0 Å². The Morgan fingerprint density at radius 3 is 1.39 bits per heavy atom. The van der Waals surface area contributed by atoms with Crippen LogP contribution in [0.25, 0.3) is 11.1 Å². The average molecular weight is 834 g/mol. The minimum atomic E-state index is -10.7. The molecule has 1 heterocycles. The van der Waals surface area contributed by atoms with Crippen molar-refractivity contribution in [3.8, 4) is 11.1 Å². The van der Waals surface area contributed by atoms with E-state index in [1.54, 1.807) is 18.3 Å². The summed E-state index contributed by atoms with van der Waals surface area (Å²) in [6.45, 7) is 0. The van der Waals surface area contributed by atoms with Gasteiger partial charge >= 0.3 is 52.8 Å². The Kier molecular flexibility index (Phi) is 13.4. The molecule has 0 atom stereocenters. The smallest absolute Gasteiger partial charge is 1.00 e. The molecule has 13 heteroatoms. The summed E-state index contributed by atoms with van der Waals surface area (Å²) in [7, 11) is -10.7. The molecule has 0 radical (unpaired) electrons. The van der Waals surface area contributed by atoms with Crippen LogP contribution in [-0.4, -0.2) is 4.98 Å². The summed E-state index contributed by atoms with van der Waals surface area (Å²) < 4.78 is 59.2. The molecular weight excluding hydrogens is 816 g/mol. The minimum Gasteiger partial charge on any atom is -1.00 e. The summed E-state index contributed by atoms with van der Waals surface area (Å²) in [6.07, 6.45) is 1.60. The van der Waals surface area contributed by atoms with E-state index in [9.17, 15) is 25.2 Å². The van der Waals surface area contributed by atoms with E-state index in [-0.39, 0.29) is 43.8 Å². The third kappa shape index (κ3) is 18.4. The van der Waals surface area contributed by atoms with E-state index in [0.717, 1.165) is 5.69 Å². The second-order valence-electron chi connectivity index (χ2n) is 6.56. The monoisotopic (exact) mass is 835 g/mol. The second kappa shape index (κ2) is 14.1. The largest absolute Gasteiger partial charge is 4.00 e. The number of aromatic nitrogens is 1. The van der Waals surface area contributed by atoms with Crippen molar-refractivity contribution in [3.63, 3.8) is 0 Å². The van der Waals surface area contributed by atoms with Crippen LogP contribution >= 0.6 is 19.4 Å². The fourth-order valence-corrected chi connectivity index (χ4v) is 2.47. The van der Waals surface area contributed by atoms with Crippen molar-refractivity contribution in [3.05, 3.63) is 114 Å². The van der Waals surface area contributed by atoms with Gasteiger partial charge in [-0.25, -0.2) is 4.98 Å². The quantitative estimate of drug-likeness (QED) is 0.0897. The molecule has 0 unspecified atom stereocenters. The fraction of sp³-hybridized carbons (Fsp3) is 0. The zero-order chi connectivity index (χ0) is 25.1. The number of halogens is 8. The van der Waals surface area contributed by atoms with Crippen LogP contribution in [0.2, 0.25) is 5.02 Å². The number of hydrogen-bond acceptors (Lipinski definition) is 3. The Balaban J connectivity index is 0.000000529. The van der Waals surface area contributed by atoms with Gasteiger partial charge in [-0.2, -0.15) is 0 Å². The molecule has 36 heavy (non-hydrogen) atoms. The molecule has 0 spiro atoms. The van der Waals surface area contributed by atoms with Gasteiger partial charge in [-0.05, 0) is 29.3 Å². The van der Waals surface area contributed by atoms with E-state index in [4.69, 9.17) is 11.6 Å². The number of benzene rings is 3. The molecule has 4 rings (SSSR count). The van der Waals surface area contributed by atoms with Crippen molar-refractivity contribution >= 4 is 30.9 Å². The van der Waals surface area contributed by atoms with Crippen LogP contribution in [0, 0.1) is 0 Å². The van der Waals surface area contributed by atoms with Gasteiger partial charge in [0.15, 0.2) is 5.82 Å². The van der Waals surface area contributed by atoms with Crippen LogP contribution in [-0.2, 0) is 19.8 Å². The van der Waals surface area contributed by atoms with E-state index in [1.807, 2.05) is 42.5 Å². The Labute approximate surface area is 239 Å². The van der Waals surface area contributed by atoms with Crippen LogP contribution in [0.5, 0.6) is 0 Å². The maximum atomic E-state index is 9.87. The standard InChI is InChI=1S/C12H10.C11H8ClN3.F6P.HI.Os/c1-3-7-11(8-4-1)12-9-5-2-6-10-12;12-9-6-7-13-11(8-9)15-14-10-4-2-1-3-5-10;1-7(2,3,4,5)6;;/h1-10H;1-8H;;1H;/q;;-1;;+4/p-1. The molecule has 0 aliphatic rings. The molecule has 0 saturated carbocycles. The average Bonchev–Trinajstić information content (AvgIpc) is 2.78. The van der Waals surface area contributed by atoms with Gasteiger partial charge in [-0.1, -0.05) is 90.5 Å². The molecule has 0 bridgehead atoms. The summed E-state index contributed by atoms with van der Waals surface area (Å²) in [5, 5.41) is 8.59. The Bertz CT molecular complexity index is 1160. The van der Waals surface area contributed by atoms with Crippen molar-refractivity contribution in [2.45, 2.75) is 0 Å². The molecule has 0 saturated heterocycles. The molecule has 0 aliphatic carbocycles. The number of hydrogen-bond donors (Lipinski definition) is 0. The van der Waals surface area contributed by atoms with Gasteiger partial charge in [-0.3, -0.25) is 0 Å². The Morgan fingerprint density at radius 2 is 1.00 bits per heavy atom. The number of pyridine rings is 1. The van der Waals surface area contributed by atoms with E-state index < -0.39 is 7.81 Å². The van der Waals surface area contributed by atoms with Crippen molar-refractivity contribution in [2.24, 2.45) is 10.2 Å². The van der Waals surface area contributed by atoms with Crippen LogP contribution in [0.4, 0.5) is 36.7 Å². The van der Waals surface area contributed by atoms with Crippen LogP contribution in [0.3, 0.4) is 0 Å². The summed E-state index contributed by atoms with van der Waals surface area (Å²) in [6, 6.07) is 33.6. The first-order valence-electron chi connectivity index (χ1n) is 9.51. The molecule has 0 fully saturated rings. The SMILES string of the molecule is Clc1ccnc(N=Nc2ccccc2)c1.F[P-](F)(F)(F)(F)F.[I-].[Os+4].c1ccc(-c2ccccc2)cc1. The van der Waals surface area contributed by atoms with Crippen LogP contribution in [0.1, 0.15) is 0 Å². The first-order valence-corrected chi connectivity index (χ1v) is 11.9.